The Labute approximate surface area is 129 Å². The lowest BCUT2D eigenvalue weighted by atomic mass is 9.98. The zero-order valence-corrected chi connectivity index (χ0v) is 13.4. The highest BCUT2D eigenvalue weighted by Gasteiger charge is 2.18. The van der Waals surface area contributed by atoms with Crippen LogP contribution in [0.15, 0.2) is 30.3 Å². The SMILES string of the molecule is CC(C)CNCC1CCCN(CC#Cc2ccccc2)C1. The highest BCUT2D eigenvalue weighted by molar-refractivity contribution is 5.33. The van der Waals surface area contributed by atoms with Gasteiger partial charge >= 0.3 is 0 Å². The van der Waals surface area contributed by atoms with Crippen molar-refractivity contribution in [3.8, 4) is 11.8 Å². The first-order chi connectivity index (χ1) is 10.2. The Hall–Kier alpha value is -1.30. The Morgan fingerprint density at radius 3 is 2.86 bits per heavy atom. The van der Waals surface area contributed by atoms with E-state index in [2.05, 4.69) is 48.0 Å². The molecular weight excluding hydrogens is 256 g/mol. The molecule has 0 bridgehead atoms. The molecule has 1 aromatic carbocycles. The monoisotopic (exact) mass is 284 g/mol. The molecule has 0 saturated carbocycles. The molecule has 1 fully saturated rings. The third kappa shape index (κ3) is 6.33. The van der Waals surface area contributed by atoms with Crippen molar-refractivity contribution < 1.29 is 0 Å². The fraction of sp³-hybridized carbons (Fsp3) is 0.579. The van der Waals surface area contributed by atoms with Crippen LogP contribution in [0.4, 0.5) is 0 Å². The summed E-state index contributed by atoms with van der Waals surface area (Å²) in [7, 11) is 0. The van der Waals surface area contributed by atoms with Gasteiger partial charge in [0.2, 0.25) is 0 Å². The molecule has 1 heterocycles. The Morgan fingerprint density at radius 2 is 2.10 bits per heavy atom. The Balaban J connectivity index is 1.73. The van der Waals surface area contributed by atoms with Crippen LogP contribution in [0.1, 0.15) is 32.3 Å². The molecule has 1 aromatic rings. The lowest BCUT2D eigenvalue weighted by molar-refractivity contribution is 0.190. The molecule has 1 atom stereocenters. The van der Waals surface area contributed by atoms with Crippen LogP contribution in [0.5, 0.6) is 0 Å². The van der Waals surface area contributed by atoms with E-state index >= 15 is 0 Å². The summed E-state index contributed by atoms with van der Waals surface area (Å²) in [6.07, 6.45) is 2.66. The van der Waals surface area contributed by atoms with Crippen molar-refractivity contribution in [2.75, 3.05) is 32.7 Å². The van der Waals surface area contributed by atoms with Gasteiger partial charge in [-0.1, -0.05) is 43.9 Å². The van der Waals surface area contributed by atoms with Gasteiger partial charge in [-0.2, -0.15) is 0 Å². The van der Waals surface area contributed by atoms with Gasteiger partial charge in [0.25, 0.3) is 0 Å². The van der Waals surface area contributed by atoms with E-state index in [0.29, 0.717) is 0 Å². The molecule has 0 radical (unpaired) electrons. The van der Waals surface area contributed by atoms with Crippen molar-refractivity contribution in [3.63, 3.8) is 0 Å². The van der Waals surface area contributed by atoms with Crippen molar-refractivity contribution >= 4 is 0 Å². The minimum Gasteiger partial charge on any atom is -0.316 e. The van der Waals surface area contributed by atoms with E-state index in [-0.39, 0.29) is 0 Å². The zero-order chi connectivity index (χ0) is 14.9. The molecular formula is C19H28N2. The van der Waals surface area contributed by atoms with Crippen LogP contribution >= 0.6 is 0 Å². The van der Waals surface area contributed by atoms with Gasteiger partial charge in [-0.05, 0) is 56.4 Å². The summed E-state index contributed by atoms with van der Waals surface area (Å²) in [5, 5.41) is 3.59. The highest BCUT2D eigenvalue weighted by Crippen LogP contribution is 2.15. The van der Waals surface area contributed by atoms with E-state index in [9.17, 15) is 0 Å². The number of rotatable bonds is 5. The molecule has 21 heavy (non-hydrogen) atoms. The minimum absolute atomic E-state index is 0.737. The van der Waals surface area contributed by atoms with Gasteiger partial charge in [0.05, 0.1) is 6.54 Å². The van der Waals surface area contributed by atoms with Crippen molar-refractivity contribution in [1.82, 2.24) is 10.2 Å². The van der Waals surface area contributed by atoms with E-state index in [1.165, 1.54) is 25.9 Å². The maximum atomic E-state index is 3.59. The maximum absolute atomic E-state index is 3.59. The standard InChI is InChI=1S/C19H28N2/c1-17(2)14-20-15-19-11-7-13-21(16-19)12-6-10-18-8-4-3-5-9-18/h3-5,8-9,17,19-20H,7,11-16H2,1-2H3. The summed E-state index contributed by atoms with van der Waals surface area (Å²) in [6, 6.07) is 10.3. The number of nitrogens with one attached hydrogen (secondary N) is 1. The predicted molar refractivity (Wildman–Crippen MR) is 90.2 cm³/mol. The lowest BCUT2D eigenvalue weighted by Crippen LogP contribution is -2.40. The minimum atomic E-state index is 0.737. The lowest BCUT2D eigenvalue weighted by Gasteiger charge is -2.31. The van der Waals surface area contributed by atoms with Gasteiger partial charge in [0, 0.05) is 12.1 Å². The van der Waals surface area contributed by atoms with Crippen LogP contribution in [0.25, 0.3) is 0 Å². The molecule has 2 nitrogen and oxygen atoms in total. The quantitative estimate of drug-likeness (QED) is 0.836. The second kappa shape index (κ2) is 8.87. The highest BCUT2D eigenvalue weighted by atomic mass is 15.1. The number of hydrogen-bond donors (Lipinski definition) is 1. The molecule has 1 unspecified atom stereocenters. The molecule has 0 amide bonds. The molecule has 2 rings (SSSR count). The van der Waals surface area contributed by atoms with Gasteiger partial charge in [0.1, 0.15) is 0 Å². The molecule has 1 N–H and O–H groups in total. The van der Waals surface area contributed by atoms with Crippen molar-refractivity contribution in [2.24, 2.45) is 11.8 Å². The summed E-state index contributed by atoms with van der Waals surface area (Å²) in [6.45, 7) is 10.1. The van der Waals surface area contributed by atoms with E-state index < -0.39 is 0 Å². The van der Waals surface area contributed by atoms with Crippen LogP contribution in [-0.2, 0) is 0 Å². The zero-order valence-electron chi connectivity index (χ0n) is 13.4. The fourth-order valence-electron chi connectivity index (χ4n) is 2.81. The van der Waals surface area contributed by atoms with Crippen LogP contribution in [0.3, 0.4) is 0 Å². The largest absolute Gasteiger partial charge is 0.316 e. The second-order valence-electron chi connectivity index (χ2n) is 6.46. The van der Waals surface area contributed by atoms with Gasteiger partial charge in [0.15, 0.2) is 0 Å². The first-order valence-electron chi connectivity index (χ1n) is 8.21. The molecule has 1 saturated heterocycles. The van der Waals surface area contributed by atoms with Crippen molar-refractivity contribution in [3.05, 3.63) is 35.9 Å². The van der Waals surface area contributed by atoms with Gasteiger partial charge in [-0.15, -0.1) is 0 Å². The number of hydrogen-bond acceptors (Lipinski definition) is 2. The Morgan fingerprint density at radius 1 is 1.29 bits per heavy atom. The average Bonchev–Trinajstić information content (AvgIpc) is 2.48. The van der Waals surface area contributed by atoms with Crippen molar-refractivity contribution in [2.45, 2.75) is 26.7 Å². The van der Waals surface area contributed by atoms with Crippen molar-refractivity contribution in [1.29, 1.82) is 0 Å². The first kappa shape index (κ1) is 16.1. The number of piperidine rings is 1. The van der Waals surface area contributed by atoms with Crippen LogP contribution in [-0.4, -0.2) is 37.6 Å². The third-order valence-electron chi connectivity index (χ3n) is 3.90. The van der Waals surface area contributed by atoms with Gasteiger partial charge < -0.3 is 5.32 Å². The first-order valence-corrected chi connectivity index (χ1v) is 8.21. The van der Waals surface area contributed by atoms with Crippen LogP contribution < -0.4 is 5.32 Å². The molecule has 114 valence electrons. The molecule has 0 spiro atoms. The molecule has 0 aromatic heterocycles. The van der Waals surface area contributed by atoms with Crippen LogP contribution in [0, 0.1) is 23.7 Å². The average molecular weight is 284 g/mol. The predicted octanol–water partition coefficient (Wildman–Crippen LogP) is 3.00. The summed E-state index contributed by atoms with van der Waals surface area (Å²) in [4.78, 5) is 2.50. The molecule has 0 aliphatic carbocycles. The van der Waals surface area contributed by atoms with Crippen LogP contribution in [0.2, 0.25) is 0 Å². The number of likely N-dealkylation sites (tertiary alicyclic amines) is 1. The second-order valence-corrected chi connectivity index (χ2v) is 6.46. The molecule has 2 heteroatoms. The molecule has 1 aliphatic heterocycles. The summed E-state index contributed by atoms with van der Waals surface area (Å²) < 4.78 is 0. The van der Waals surface area contributed by atoms with E-state index in [4.69, 9.17) is 0 Å². The Bertz CT molecular complexity index is 455. The van der Waals surface area contributed by atoms with E-state index in [0.717, 1.165) is 37.0 Å². The number of benzene rings is 1. The number of nitrogens with zero attached hydrogens (tertiary/aromatic N) is 1. The molecule has 1 aliphatic rings. The summed E-state index contributed by atoms with van der Waals surface area (Å²) >= 11 is 0. The Kier molecular flexibility index (Phi) is 6.79. The van der Waals surface area contributed by atoms with Gasteiger partial charge in [-0.25, -0.2) is 0 Å². The topological polar surface area (TPSA) is 15.3 Å². The fourth-order valence-corrected chi connectivity index (χ4v) is 2.81. The van der Waals surface area contributed by atoms with E-state index in [1.54, 1.807) is 0 Å². The maximum Gasteiger partial charge on any atom is 0.0605 e. The summed E-state index contributed by atoms with van der Waals surface area (Å²) in [5.41, 5.74) is 1.12. The third-order valence-corrected chi connectivity index (χ3v) is 3.90. The van der Waals surface area contributed by atoms with E-state index in [1.807, 2.05) is 18.2 Å². The van der Waals surface area contributed by atoms with Gasteiger partial charge in [-0.3, -0.25) is 4.90 Å². The normalized spacial score (nSPS) is 19.3. The smallest absolute Gasteiger partial charge is 0.0605 e. The summed E-state index contributed by atoms with van der Waals surface area (Å²) in [5.74, 6) is 8.10.